The number of carboxylic acids is 1. The maximum absolute atomic E-state index is 10.8. The quantitative estimate of drug-likeness (QED) is 0.663. The summed E-state index contributed by atoms with van der Waals surface area (Å²) in [7, 11) is 0. The van der Waals surface area contributed by atoms with Crippen LogP contribution in [0.5, 0.6) is 0 Å². The van der Waals surface area contributed by atoms with Crippen molar-refractivity contribution in [3.05, 3.63) is 63.2 Å². The molecule has 0 saturated heterocycles. The van der Waals surface area contributed by atoms with Gasteiger partial charge in [-0.2, -0.15) is 0 Å². The van der Waals surface area contributed by atoms with Gasteiger partial charge in [0.05, 0.1) is 11.3 Å². The lowest BCUT2D eigenvalue weighted by molar-refractivity contribution is -0.384. The summed E-state index contributed by atoms with van der Waals surface area (Å²) < 4.78 is 0. The third kappa shape index (κ3) is 4.21. The van der Waals surface area contributed by atoms with Gasteiger partial charge in [0, 0.05) is 26.9 Å². The van der Waals surface area contributed by atoms with Gasteiger partial charge in [-0.05, 0) is 35.9 Å². The summed E-state index contributed by atoms with van der Waals surface area (Å²) in [6.45, 7) is 0. The first-order chi connectivity index (χ1) is 9.95. The Morgan fingerprint density at radius 1 is 1.19 bits per heavy atom. The van der Waals surface area contributed by atoms with Crippen LogP contribution in [0.4, 0.5) is 5.69 Å². The van der Waals surface area contributed by atoms with E-state index in [4.69, 9.17) is 16.7 Å². The number of carbonyl (C=O) groups is 1. The average molecular weight is 324 g/mol. The number of aliphatic carboxylic acids is 1. The largest absolute Gasteiger partial charge is 0.481 e. The molecule has 21 heavy (non-hydrogen) atoms. The van der Waals surface area contributed by atoms with Crippen molar-refractivity contribution in [1.82, 2.24) is 0 Å². The van der Waals surface area contributed by atoms with E-state index in [0.717, 1.165) is 9.79 Å². The van der Waals surface area contributed by atoms with Gasteiger partial charge < -0.3 is 5.11 Å². The number of hydrogen-bond acceptors (Lipinski definition) is 4. The molecule has 0 spiro atoms. The van der Waals surface area contributed by atoms with E-state index in [-0.39, 0.29) is 12.1 Å². The number of nitro benzene ring substituents is 1. The first-order valence-corrected chi connectivity index (χ1v) is 7.07. The molecular weight excluding hydrogens is 314 g/mol. The number of halogens is 1. The smallest absolute Gasteiger partial charge is 0.307 e. The Labute approximate surface area is 129 Å². The van der Waals surface area contributed by atoms with Crippen LogP contribution in [0.15, 0.2) is 52.3 Å². The van der Waals surface area contributed by atoms with Gasteiger partial charge in [-0.25, -0.2) is 0 Å². The molecule has 0 saturated carbocycles. The van der Waals surface area contributed by atoms with Crippen LogP contribution in [0.2, 0.25) is 5.02 Å². The zero-order valence-corrected chi connectivity index (χ0v) is 12.2. The third-order valence-corrected chi connectivity index (χ3v) is 4.01. The zero-order valence-electron chi connectivity index (χ0n) is 10.7. The van der Waals surface area contributed by atoms with Gasteiger partial charge in [-0.3, -0.25) is 14.9 Å². The van der Waals surface area contributed by atoms with Gasteiger partial charge in [-0.1, -0.05) is 23.4 Å². The van der Waals surface area contributed by atoms with Crippen LogP contribution >= 0.6 is 23.4 Å². The molecule has 1 N–H and O–H groups in total. The average Bonchev–Trinajstić information content (AvgIpc) is 2.42. The van der Waals surface area contributed by atoms with E-state index in [1.54, 1.807) is 30.3 Å². The topological polar surface area (TPSA) is 80.4 Å². The van der Waals surface area contributed by atoms with Crippen molar-refractivity contribution >= 4 is 35.0 Å². The van der Waals surface area contributed by atoms with E-state index in [2.05, 4.69) is 0 Å². The molecule has 2 rings (SSSR count). The zero-order chi connectivity index (χ0) is 15.4. The maximum atomic E-state index is 10.8. The highest BCUT2D eigenvalue weighted by atomic mass is 35.5. The second-order valence-corrected chi connectivity index (χ2v) is 5.73. The summed E-state index contributed by atoms with van der Waals surface area (Å²) in [4.78, 5) is 22.5. The molecule has 0 aromatic heterocycles. The molecule has 0 heterocycles. The standard InChI is InChI=1S/C14H10ClNO4S/c15-13-6-5-12(7-9(13)8-14(17)18)21-11-3-1-10(2-4-11)16(19)20/h1-7H,8H2,(H,17,18). The summed E-state index contributed by atoms with van der Waals surface area (Å²) in [5.41, 5.74) is 0.568. The molecule has 0 fully saturated rings. The highest BCUT2D eigenvalue weighted by Crippen LogP contribution is 2.31. The van der Waals surface area contributed by atoms with E-state index in [0.29, 0.717) is 10.6 Å². The highest BCUT2D eigenvalue weighted by molar-refractivity contribution is 7.99. The van der Waals surface area contributed by atoms with Gasteiger partial charge in [-0.15, -0.1) is 0 Å². The molecule has 0 aliphatic heterocycles. The highest BCUT2D eigenvalue weighted by Gasteiger charge is 2.09. The molecule has 2 aromatic rings. The van der Waals surface area contributed by atoms with E-state index < -0.39 is 10.9 Å². The molecule has 0 unspecified atom stereocenters. The predicted octanol–water partition coefficient (Wildman–Crippen LogP) is 4.03. The van der Waals surface area contributed by atoms with E-state index >= 15 is 0 Å². The van der Waals surface area contributed by atoms with Crippen molar-refractivity contribution in [1.29, 1.82) is 0 Å². The molecule has 0 amide bonds. The first-order valence-electron chi connectivity index (χ1n) is 5.88. The predicted molar refractivity (Wildman–Crippen MR) is 80.0 cm³/mol. The van der Waals surface area contributed by atoms with Crippen molar-refractivity contribution in [2.45, 2.75) is 16.2 Å². The number of benzene rings is 2. The fourth-order valence-electron chi connectivity index (χ4n) is 1.68. The van der Waals surface area contributed by atoms with Crippen LogP contribution < -0.4 is 0 Å². The number of hydrogen-bond donors (Lipinski definition) is 1. The normalized spacial score (nSPS) is 10.3. The Balaban J connectivity index is 2.19. The summed E-state index contributed by atoms with van der Waals surface area (Å²) in [5.74, 6) is -0.950. The number of nitrogens with zero attached hydrogens (tertiary/aromatic N) is 1. The lowest BCUT2D eigenvalue weighted by Gasteiger charge is -2.06. The monoisotopic (exact) mass is 323 g/mol. The van der Waals surface area contributed by atoms with Gasteiger partial charge in [0.25, 0.3) is 5.69 Å². The Kier molecular flexibility index (Phi) is 4.82. The molecule has 0 aliphatic rings. The van der Waals surface area contributed by atoms with Crippen LogP contribution in [0.1, 0.15) is 5.56 Å². The van der Waals surface area contributed by atoms with Gasteiger partial charge in [0.1, 0.15) is 0 Å². The molecule has 7 heteroatoms. The minimum atomic E-state index is -0.950. The van der Waals surface area contributed by atoms with Crippen LogP contribution in [0.25, 0.3) is 0 Å². The molecule has 108 valence electrons. The Morgan fingerprint density at radius 2 is 1.81 bits per heavy atom. The molecule has 0 atom stereocenters. The Bertz CT molecular complexity index is 688. The fourth-order valence-corrected chi connectivity index (χ4v) is 2.75. The number of nitro groups is 1. The van der Waals surface area contributed by atoms with Crippen molar-refractivity contribution in [3.8, 4) is 0 Å². The van der Waals surface area contributed by atoms with Crippen LogP contribution in [0.3, 0.4) is 0 Å². The summed E-state index contributed by atoms with van der Waals surface area (Å²) in [6.07, 6.45) is -0.145. The number of non-ortho nitro benzene ring substituents is 1. The third-order valence-electron chi connectivity index (χ3n) is 2.64. The summed E-state index contributed by atoms with van der Waals surface area (Å²) in [6, 6.07) is 11.3. The van der Waals surface area contributed by atoms with Gasteiger partial charge in [0.15, 0.2) is 0 Å². The van der Waals surface area contributed by atoms with Gasteiger partial charge in [0.2, 0.25) is 0 Å². The molecule has 5 nitrogen and oxygen atoms in total. The number of carboxylic acid groups (broad SMARTS) is 1. The molecule has 2 aromatic carbocycles. The van der Waals surface area contributed by atoms with E-state index in [1.807, 2.05) is 0 Å². The van der Waals surface area contributed by atoms with E-state index in [9.17, 15) is 14.9 Å². The minimum Gasteiger partial charge on any atom is -0.481 e. The summed E-state index contributed by atoms with van der Waals surface area (Å²) >= 11 is 7.34. The molecule has 0 bridgehead atoms. The second-order valence-electron chi connectivity index (χ2n) is 4.18. The van der Waals surface area contributed by atoms with Gasteiger partial charge >= 0.3 is 5.97 Å². The van der Waals surface area contributed by atoms with Crippen molar-refractivity contribution in [3.63, 3.8) is 0 Å². The van der Waals surface area contributed by atoms with Crippen LogP contribution in [-0.4, -0.2) is 16.0 Å². The van der Waals surface area contributed by atoms with Crippen molar-refractivity contribution in [2.24, 2.45) is 0 Å². The molecule has 0 aliphatic carbocycles. The lowest BCUT2D eigenvalue weighted by atomic mass is 10.1. The Hall–Kier alpha value is -2.05. The number of rotatable bonds is 5. The maximum Gasteiger partial charge on any atom is 0.307 e. The van der Waals surface area contributed by atoms with Crippen LogP contribution in [-0.2, 0) is 11.2 Å². The van der Waals surface area contributed by atoms with E-state index in [1.165, 1.54) is 23.9 Å². The molecular formula is C14H10ClNO4S. The Morgan fingerprint density at radius 3 is 2.38 bits per heavy atom. The first kappa shape index (κ1) is 15.3. The lowest BCUT2D eigenvalue weighted by Crippen LogP contribution is -2.00. The van der Waals surface area contributed by atoms with Crippen molar-refractivity contribution in [2.75, 3.05) is 0 Å². The summed E-state index contributed by atoms with van der Waals surface area (Å²) in [5, 5.41) is 19.8. The van der Waals surface area contributed by atoms with Crippen LogP contribution in [0, 0.1) is 10.1 Å². The minimum absolute atomic E-state index is 0.0297. The molecule has 0 radical (unpaired) electrons. The SMILES string of the molecule is O=C(O)Cc1cc(Sc2ccc([N+](=O)[O-])cc2)ccc1Cl. The van der Waals surface area contributed by atoms with Crippen molar-refractivity contribution < 1.29 is 14.8 Å². The fraction of sp³-hybridized carbons (Fsp3) is 0.0714. The second kappa shape index (κ2) is 6.60.